The second-order valence-electron chi connectivity index (χ2n) is 7.71. The third-order valence-corrected chi connectivity index (χ3v) is 5.62. The molecule has 1 atom stereocenters. The lowest BCUT2D eigenvalue weighted by molar-refractivity contribution is 0.405. The number of hydrogen-bond donors (Lipinski definition) is 2. The summed E-state index contributed by atoms with van der Waals surface area (Å²) >= 11 is 0. The number of anilines is 1. The van der Waals surface area contributed by atoms with Crippen molar-refractivity contribution in [2.24, 2.45) is 0 Å². The topological polar surface area (TPSA) is 76.4 Å². The molecule has 0 unspecified atom stereocenters. The zero-order chi connectivity index (χ0) is 19.8. The summed E-state index contributed by atoms with van der Waals surface area (Å²) in [5.74, 6) is 4.76. The number of pyridine rings is 1. The van der Waals surface area contributed by atoms with Crippen molar-refractivity contribution in [1.82, 2.24) is 24.9 Å². The number of nitrogens with zero attached hydrogens (tertiary/aromatic N) is 4. The Kier molecular flexibility index (Phi) is 4.57. The van der Waals surface area contributed by atoms with Gasteiger partial charge in [-0.3, -0.25) is 0 Å². The van der Waals surface area contributed by atoms with Crippen molar-refractivity contribution in [2.75, 3.05) is 25.5 Å². The van der Waals surface area contributed by atoms with Gasteiger partial charge in [-0.05, 0) is 44.4 Å². The van der Waals surface area contributed by atoms with Crippen molar-refractivity contribution in [3.63, 3.8) is 0 Å². The summed E-state index contributed by atoms with van der Waals surface area (Å²) in [5, 5.41) is 11.8. The molecule has 0 bridgehead atoms. The first kappa shape index (κ1) is 18.0. The summed E-state index contributed by atoms with van der Waals surface area (Å²) in [4.78, 5) is 9.37. The molecule has 2 fully saturated rings. The molecule has 148 valence electrons. The predicted molar refractivity (Wildman–Crippen MR) is 112 cm³/mol. The van der Waals surface area contributed by atoms with Gasteiger partial charge in [0.25, 0.3) is 0 Å². The van der Waals surface area contributed by atoms with Crippen LogP contribution in [0.25, 0.3) is 17.0 Å². The van der Waals surface area contributed by atoms with Crippen molar-refractivity contribution in [3.05, 3.63) is 35.7 Å². The molecule has 2 N–H and O–H groups in total. The van der Waals surface area contributed by atoms with Crippen molar-refractivity contribution in [1.29, 1.82) is 0 Å². The summed E-state index contributed by atoms with van der Waals surface area (Å²) in [5.41, 5.74) is 4.14. The molecule has 0 spiro atoms. The number of aromatic nitrogens is 4. The monoisotopic (exact) mass is 388 g/mol. The minimum absolute atomic E-state index is 0.324. The Labute approximate surface area is 169 Å². The molecule has 29 heavy (non-hydrogen) atoms. The van der Waals surface area contributed by atoms with Gasteiger partial charge in [-0.15, -0.1) is 6.42 Å². The molecular formula is C22H24N6O. The maximum absolute atomic E-state index is 5.72. The molecule has 5 rings (SSSR count). The van der Waals surface area contributed by atoms with Crippen LogP contribution >= 0.6 is 0 Å². The summed E-state index contributed by atoms with van der Waals surface area (Å²) < 4.78 is 7.40. The average molecular weight is 388 g/mol. The Bertz CT molecular complexity index is 1090. The fraction of sp³-hybridized carbons (Fsp3) is 0.409. The van der Waals surface area contributed by atoms with E-state index in [0.29, 0.717) is 12.0 Å². The Morgan fingerprint density at radius 3 is 2.93 bits per heavy atom. The maximum Gasteiger partial charge on any atom is 0.157 e. The van der Waals surface area contributed by atoms with Crippen LogP contribution in [0.4, 0.5) is 5.82 Å². The highest BCUT2D eigenvalue weighted by Crippen LogP contribution is 2.43. The maximum atomic E-state index is 5.72. The Hall–Kier alpha value is -3.11. The standard InChI is InChI=1S/C22H24N6O/c1-3-14-8-9-17(26-22(14)25-16-5-4-10-23-12-16)18-13-24-20-11-19(29-2)21(15-6-7-15)27-28(18)20/h1,8-9,11,13,15-16,23H,4-7,10,12H2,2H3,(H,25,26)/t16-/m0/s1. The van der Waals surface area contributed by atoms with Gasteiger partial charge in [0.2, 0.25) is 0 Å². The van der Waals surface area contributed by atoms with E-state index in [2.05, 4.69) is 21.5 Å². The normalized spacial score (nSPS) is 19.1. The molecule has 2 aliphatic rings. The van der Waals surface area contributed by atoms with Crippen LogP contribution in [0.1, 0.15) is 42.9 Å². The van der Waals surface area contributed by atoms with Crippen LogP contribution in [0.15, 0.2) is 24.4 Å². The van der Waals surface area contributed by atoms with Crippen molar-refractivity contribution >= 4 is 11.5 Å². The minimum atomic E-state index is 0.324. The molecular weight excluding hydrogens is 364 g/mol. The van der Waals surface area contributed by atoms with Crippen LogP contribution in [0.5, 0.6) is 5.75 Å². The van der Waals surface area contributed by atoms with Crippen LogP contribution in [0.3, 0.4) is 0 Å². The number of nitrogens with one attached hydrogen (secondary N) is 2. The molecule has 7 heteroatoms. The van der Waals surface area contributed by atoms with Crippen molar-refractivity contribution in [3.8, 4) is 29.5 Å². The van der Waals surface area contributed by atoms with Gasteiger partial charge in [-0.2, -0.15) is 5.10 Å². The lowest BCUT2D eigenvalue weighted by atomic mass is 10.1. The molecule has 3 aromatic heterocycles. The zero-order valence-corrected chi connectivity index (χ0v) is 16.5. The lowest BCUT2D eigenvalue weighted by Gasteiger charge is -2.25. The number of methoxy groups -OCH3 is 1. The highest BCUT2D eigenvalue weighted by Gasteiger charge is 2.30. The number of piperidine rings is 1. The van der Waals surface area contributed by atoms with Gasteiger partial charge in [0.05, 0.1) is 24.6 Å². The molecule has 7 nitrogen and oxygen atoms in total. The van der Waals surface area contributed by atoms with Crippen LogP contribution in [-0.4, -0.2) is 45.8 Å². The molecule has 1 aliphatic heterocycles. The van der Waals surface area contributed by atoms with Crippen LogP contribution in [0, 0.1) is 12.3 Å². The van der Waals surface area contributed by atoms with E-state index in [9.17, 15) is 0 Å². The summed E-state index contributed by atoms with van der Waals surface area (Å²) in [6.07, 6.45) is 12.1. The first-order valence-electron chi connectivity index (χ1n) is 10.1. The molecule has 0 aromatic carbocycles. The van der Waals surface area contributed by atoms with Crippen LogP contribution in [0.2, 0.25) is 0 Å². The molecule has 3 aromatic rings. The van der Waals surface area contributed by atoms with E-state index in [-0.39, 0.29) is 0 Å². The smallest absolute Gasteiger partial charge is 0.157 e. The van der Waals surface area contributed by atoms with E-state index in [1.165, 1.54) is 0 Å². The third kappa shape index (κ3) is 3.40. The Balaban J connectivity index is 1.55. The summed E-state index contributed by atoms with van der Waals surface area (Å²) in [7, 11) is 1.68. The largest absolute Gasteiger partial charge is 0.495 e. The van der Waals surface area contributed by atoms with Gasteiger partial charge in [0, 0.05) is 24.6 Å². The van der Waals surface area contributed by atoms with Gasteiger partial charge in [0.15, 0.2) is 5.65 Å². The quantitative estimate of drug-likeness (QED) is 0.655. The van der Waals surface area contributed by atoms with Crippen LogP contribution in [-0.2, 0) is 0 Å². The van der Waals surface area contributed by atoms with Gasteiger partial charge in [-0.1, -0.05) is 5.92 Å². The fourth-order valence-corrected chi connectivity index (χ4v) is 3.89. The van der Waals surface area contributed by atoms with E-state index in [1.807, 2.05) is 28.9 Å². The van der Waals surface area contributed by atoms with Gasteiger partial charge in [0.1, 0.15) is 23.0 Å². The SMILES string of the molecule is C#Cc1ccc(-c2cnc3cc(OC)c(C4CC4)nn23)nc1N[C@H]1CCCNC1. The molecule has 1 aliphatic carbocycles. The van der Waals surface area contributed by atoms with E-state index in [4.69, 9.17) is 21.2 Å². The Morgan fingerprint density at radius 1 is 1.31 bits per heavy atom. The first-order chi connectivity index (χ1) is 14.3. The zero-order valence-electron chi connectivity index (χ0n) is 16.5. The number of terminal acetylenes is 1. The van der Waals surface area contributed by atoms with E-state index >= 15 is 0 Å². The molecule has 1 saturated carbocycles. The number of hydrogen-bond acceptors (Lipinski definition) is 6. The van der Waals surface area contributed by atoms with Gasteiger partial charge < -0.3 is 15.4 Å². The number of fused-ring (bicyclic) bond motifs is 1. The van der Waals surface area contributed by atoms with E-state index < -0.39 is 0 Å². The molecule has 0 radical (unpaired) electrons. The predicted octanol–water partition coefficient (Wildman–Crippen LogP) is 2.82. The summed E-state index contributed by atoms with van der Waals surface area (Å²) in [6, 6.07) is 6.15. The molecule has 4 heterocycles. The second kappa shape index (κ2) is 7.37. The van der Waals surface area contributed by atoms with Crippen LogP contribution < -0.4 is 15.4 Å². The third-order valence-electron chi connectivity index (χ3n) is 5.62. The molecule has 0 amide bonds. The van der Waals surface area contributed by atoms with E-state index in [1.54, 1.807) is 7.11 Å². The van der Waals surface area contributed by atoms with Gasteiger partial charge >= 0.3 is 0 Å². The Morgan fingerprint density at radius 2 is 2.21 bits per heavy atom. The number of imidazole rings is 1. The highest BCUT2D eigenvalue weighted by atomic mass is 16.5. The van der Waals surface area contributed by atoms with Crippen molar-refractivity contribution in [2.45, 2.75) is 37.6 Å². The first-order valence-corrected chi connectivity index (χ1v) is 10.1. The minimum Gasteiger partial charge on any atom is -0.495 e. The molecule has 1 saturated heterocycles. The van der Waals surface area contributed by atoms with Gasteiger partial charge in [-0.25, -0.2) is 14.5 Å². The fourth-order valence-electron chi connectivity index (χ4n) is 3.89. The average Bonchev–Trinajstić information content (AvgIpc) is 3.53. The summed E-state index contributed by atoms with van der Waals surface area (Å²) in [6.45, 7) is 1.98. The number of ether oxygens (including phenoxy) is 1. The van der Waals surface area contributed by atoms with Crippen molar-refractivity contribution < 1.29 is 4.74 Å². The second-order valence-corrected chi connectivity index (χ2v) is 7.71. The van der Waals surface area contributed by atoms with E-state index in [0.717, 1.165) is 78.6 Å². The highest BCUT2D eigenvalue weighted by molar-refractivity contribution is 5.65. The number of rotatable bonds is 5. The lowest BCUT2D eigenvalue weighted by Crippen LogP contribution is -2.38.